The molecule has 1 aliphatic rings. The van der Waals surface area contributed by atoms with Gasteiger partial charge in [-0.2, -0.15) is 18.3 Å². The molecule has 2 aromatic heterocycles. The highest BCUT2D eigenvalue weighted by molar-refractivity contribution is 5.93. The maximum Gasteiger partial charge on any atom is 0.395 e. The molecule has 140 valence electrons. The summed E-state index contributed by atoms with van der Waals surface area (Å²) in [5.41, 5.74) is 0.0238. The van der Waals surface area contributed by atoms with E-state index in [1.807, 2.05) is 0 Å². The summed E-state index contributed by atoms with van der Waals surface area (Å²) in [6.45, 7) is -0.939. The van der Waals surface area contributed by atoms with Gasteiger partial charge in [0.2, 0.25) is 5.76 Å². The van der Waals surface area contributed by atoms with Gasteiger partial charge in [0, 0.05) is 19.3 Å². The van der Waals surface area contributed by atoms with E-state index in [-0.39, 0.29) is 23.9 Å². The smallest absolute Gasteiger partial charge is 0.395 e. The Labute approximate surface area is 144 Å². The molecule has 12 heteroatoms. The summed E-state index contributed by atoms with van der Waals surface area (Å²) >= 11 is 0. The third kappa shape index (κ3) is 3.48. The van der Waals surface area contributed by atoms with Crippen molar-refractivity contribution in [1.82, 2.24) is 25.6 Å². The SMILES string of the molecule is COc1cc(C(=O)N2C[C@@H](C(F)(F)F)[C@H](NC(=O)c3ccn[nH]3)C2)on1. The number of hydrogen-bond acceptors (Lipinski definition) is 6. The van der Waals surface area contributed by atoms with Crippen molar-refractivity contribution in [2.75, 3.05) is 20.2 Å². The Hall–Kier alpha value is -3.05. The van der Waals surface area contributed by atoms with Crippen LogP contribution in [0.25, 0.3) is 0 Å². The minimum Gasteiger partial charge on any atom is -0.479 e. The van der Waals surface area contributed by atoms with E-state index in [1.165, 1.54) is 25.4 Å². The second-order valence-corrected chi connectivity index (χ2v) is 5.64. The monoisotopic (exact) mass is 373 g/mol. The summed E-state index contributed by atoms with van der Waals surface area (Å²) in [7, 11) is 1.31. The van der Waals surface area contributed by atoms with Crippen molar-refractivity contribution in [3.8, 4) is 5.88 Å². The Morgan fingerprint density at radius 3 is 2.77 bits per heavy atom. The number of H-pyrrole nitrogens is 1. The number of hydrogen-bond donors (Lipinski definition) is 2. The van der Waals surface area contributed by atoms with Gasteiger partial charge in [0.1, 0.15) is 5.69 Å². The fourth-order valence-corrected chi connectivity index (χ4v) is 2.69. The van der Waals surface area contributed by atoms with Crippen LogP contribution in [-0.2, 0) is 0 Å². The Bertz CT molecular complexity index is 789. The van der Waals surface area contributed by atoms with E-state index in [2.05, 4.69) is 20.7 Å². The maximum atomic E-state index is 13.3. The van der Waals surface area contributed by atoms with E-state index < -0.39 is 36.5 Å². The van der Waals surface area contributed by atoms with Crippen LogP contribution in [0.2, 0.25) is 0 Å². The highest BCUT2D eigenvalue weighted by Gasteiger charge is 2.51. The number of rotatable bonds is 4. The predicted octanol–water partition coefficient (Wildman–Crippen LogP) is 0.839. The van der Waals surface area contributed by atoms with Crippen molar-refractivity contribution in [2.45, 2.75) is 12.2 Å². The number of likely N-dealkylation sites (tertiary alicyclic amines) is 1. The van der Waals surface area contributed by atoms with Crippen molar-refractivity contribution in [2.24, 2.45) is 5.92 Å². The lowest BCUT2D eigenvalue weighted by molar-refractivity contribution is -0.174. The van der Waals surface area contributed by atoms with Crippen LogP contribution in [0.3, 0.4) is 0 Å². The van der Waals surface area contributed by atoms with E-state index >= 15 is 0 Å². The zero-order valence-corrected chi connectivity index (χ0v) is 13.4. The molecule has 2 aromatic rings. The number of ether oxygens (including phenoxy) is 1. The van der Waals surface area contributed by atoms with E-state index in [1.54, 1.807) is 0 Å². The molecule has 3 heterocycles. The summed E-state index contributed by atoms with van der Waals surface area (Å²) < 4.78 is 49.6. The summed E-state index contributed by atoms with van der Waals surface area (Å²) in [6.07, 6.45) is -3.29. The first-order valence-corrected chi connectivity index (χ1v) is 7.46. The van der Waals surface area contributed by atoms with Crippen molar-refractivity contribution in [3.63, 3.8) is 0 Å². The first kappa shape index (κ1) is 17.8. The quantitative estimate of drug-likeness (QED) is 0.821. The molecular weight excluding hydrogens is 359 g/mol. The first-order chi connectivity index (χ1) is 12.3. The average molecular weight is 373 g/mol. The summed E-state index contributed by atoms with van der Waals surface area (Å²) in [5, 5.41) is 11.7. The minimum atomic E-state index is -4.60. The molecule has 2 N–H and O–H groups in total. The van der Waals surface area contributed by atoms with Crippen LogP contribution in [0.5, 0.6) is 5.88 Å². The zero-order valence-electron chi connectivity index (χ0n) is 13.4. The summed E-state index contributed by atoms with van der Waals surface area (Å²) in [4.78, 5) is 25.3. The number of aromatic amines is 1. The molecule has 26 heavy (non-hydrogen) atoms. The van der Waals surface area contributed by atoms with Gasteiger partial charge in [-0.15, -0.1) is 0 Å². The van der Waals surface area contributed by atoms with Crippen molar-refractivity contribution < 1.29 is 32.0 Å². The van der Waals surface area contributed by atoms with Gasteiger partial charge < -0.3 is 19.5 Å². The predicted molar refractivity (Wildman–Crippen MR) is 78.3 cm³/mol. The number of nitrogens with one attached hydrogen (secondary N) is 2. The molecule has 1 aliphatic heterocycles. The van der Waals surface area contributed by atoms with Gasteiger partial charge in [-0.05, 0) is 11.2 Å². The summed E-state index contributed by atoms with van der Waals surface area (Å²) in [5.74, 6) is -3.64. The van der Waals surface area contributed by atoms with Crippen LogP contribution < -0.4 is 10.1 Å². The van der Waals surface area contributed by atoms with Gasteiger partial charge in [0.15, 0.2) is 0 Å². The Morgan fingerprint density at radius 2 is 2.19 bits per heavy atom. The Morgan fingerprint density at radius 1 is 1.42 bits per heavy atom. The van der Waals surface area contributed by atoms with E-state index in [9.17, 15) is 22.8 Å². The topological polar surface area (TPSA) is 113 Å². The molecular formula is C14H14F3N5O4. The molecule has 1 saturated heterocycles. The van der Waals surface area contributed by atoms with Crippen molar-refractivity contribution in [3.05, 3.63) is 29.8 Å². The van der Waals surface area contributed by atoms with Crippen molar-refractivity contribution in [1.29, 1.82) is 0 Å². The molecule has 0 bridgehead atoms. The van der Waals surface area contributed by atoms with Crippen LogP contribution in [0.15, 0.2) is 22.9 Å². The number of aromatic nitrogens is 3. The molecule has 0 unspecified atom stereocenters. The Balaban J connectivity index is 1.76. The highest BCUT2D eigenvalue weighted by atomic mass is 19.4. The zero-order chi connectivity index (χ0) is 18.9. The molecule has 2 amide bonds. The number of halogens is 3. The van der Waals surface area contributed by atoms with Gasteiger partial charge in [-0.25, -0.2) is 0 Å². The van der Waals surface area contributed by atoms with Gasteiger partial charge in [-0.1, -0.05) is 0 Å². The molecule has 0 aromatic carbocycles. The van der Waals surface area contributed by atoms with Gasteiger partial charge in [0.05, 0.1) is 25.1 Å². The third-order valence-corrected chi connectivity index (χ3v) is 4.00. The second kappa shape index (κ2) is 6.69. The molecule has 0 saturated carbocycles. The normalized spacial score (nSPS) is 20.2. The van der Waals surface area contributed by atoms with Crippen LogP contribution in [0.1, 0.15) is 21.0 Å². The molecule has 0 aliphatic carbocycles. The fraction of sp³-hybridized carbons (Fsp3) is 0.429. The maximum absolute atomic E-state index is 13.3. The second-order valence-electron chi connectivity index (χ2n) is 5.64. The third-order valence-electron chi connectivity index (χ3n) is 4.00. The standard InChI is InChI=1S/C14H14F3N5O4/c1-25-11-4-10(26-21-11)13(24)22-5-7(14(15,16)17)9(6-22)19-12(23)8-2-3-18-20-8/h2-4,7,9H,5-6H2,1H3,(H,18,20)(H,19,23)/t7-,9-/m1/s1. The van der Waals surface area contributed by atoms with Crippen molar-refractivity contribution >= 4 is 11.8 Å². The Kier molecular flexibility index (Phi) is 4.57. The van der Waals surface area contributed by atoms with Crippen LogP contribution >= 0.6 is 0 Å². The van der Waals surface area contributed by atoms with E-state index in [0.29, 0.717) is 0 Å². The fourth-order valence-electron chi connectivity index (χ4n) is 2.69. The van der Waals surface area contributed by atoms with Gasteiger partial charge in [0.25, 0.3) is 17.7 Å². The van der Waals surface area contributed by atoms with E-state index in [4.69, 9.17) is 9.26 Å². The minimum absolute atomic E-state index is 0.0238. The molecule has 3 rings (SSSR count). The number of nitrogens with zero attached hydrogens (tertiary/aromatic N) is 3. The number of carbonyl (C=O) groups excluding carboxylic acids is 2. The lowest BCUT2D eigenvalue weighted by Crippen LogP contribution is -2.45. The highest BCUT2D eigenvalue weighted by Crippen LogP contribution is 2.34. The van der Waals surface area contributed by atoms with Gasteiger partial charge >= 0.3 is 6.18 Å². The number of amides is 2. The van der Waals surface area contributed by atoms with Gasteiger partial charge in [-0.3, -0.25) is 14.7 Å². The molecule has 0 radical (unpaired) electrons. The molecule has 2 atom stereocenters. The average Bonchev–Trinajstić information content (AvgIpc) is 3.32. The van der Waals surface area contributed by atoms with E-state index in [0.717, 1.165) is 4.90 Å². The number of alkyl halides is 3. The molecule has 0 spiro atoms. The van der Waals surface area contributed by atoms with Crippen LogP contribution in [0.4, 0.5) is 13.2 Å². The van der Waals surface area contributed by atoms with Crippen LogP contribution in [0, 0.1) is 5.92 Å². The van der Waals surface area contributed by atoms with Crippen LogP contribution in [-0.4, -0.2) is 64.5 Å². The molecule has 9 nitrogen and oxygen atoms in total. The lowest BCUT2D eigenvalue weighted by atomic mass is 10.0. The lowest BCUT2D eigenvalue weighted by Gasteiger charge is -2.21. The first-order valence-electron chi connectivity index (χ1n) is 7.46. The molecule has 1 fully saturated rings. The number of methoxy groups -OCH3 is 1. The summed E-state index contributed by atoms with van der Waals surface area (Å²) in [6, 6.07) is 1.21. The number of carbonyl (C=O) groups is 2. The largest absolute Gasteiger partial charge is 0.479 e.